The highest BCUT2D eigenvalue weighted by atomic mass is 32.2. The Hall–Kier alpha value is -1.63. The van der Waals surface area contributed by atoms with E-state index < -0.39 is 0 Å². The molecule has 0 spiro atoms. The molecule has 2 aromatic heterocycles. The summed E-state index contributed by atoms with van der Waals surface area (Å²) in [7, 11) is 0. The van der Waals surface area contributed by atoms with E-state index in [2.05, 4.69) is 27.3 Å². The van der Waals surface area contributed by atoms with E-state index in [1.54, 1.807) is 23.0 Å². The average molecular weight is 319 g/mol. The van der Waals surface area contributed by atoms with Gasteiger partial charge in [0, 0.05) is 18.4 Å². The van der Waals surface area contributed by atoms with Gasteiger partial charge in [-0.25, -0.2) is 9.50 Å². The Bertz CT molecular complexity index is 625. The van der Waals surface area contributed by atoms with Gasteiger partial charge in [0.1, 0.15) is 0 Å². The van der Waals surface area contributed by atoms with Crippen LogP contribution in [0, 0.1) is 5.92 Å². The molecule has 2 aromatic rings. The van der Waals surface area contributed by atoms with E-state index in [1.165, 1.54) is 31.0 Å². The standard InChI is InChI=1S/C15H21N5OS/c1-10-6-3-4-7-12(10)17-13(21)11(2)22-15-18-14-16-8-5-9-20(14)19-15/h5,8-12H,3-4,6-7H2,1-2H3,(H,17,21). The lowest BCUT2D eigenvalue weighted by Crippen LogP contribution is -2.44. The fraction of sp³-hybridized carbons (Fsp3) is 0.600. The Morgan fingerprint density at radius 3 is 3.05 bits per heavy atom. The quantitative estimate of drug-likeness (QED) is 0.876. The molecule has 22 heavy (non-hydrogen) atoms. The summed E-state index contributed by atoms with van der Waals surface area (Å²) in [4.78, 5) is 20.8. The van der Waals surface area contributed by atoms with Crippen LogP contribution in [0.2, 0.25) is 0 Å². The van der Waals surface area contributed by atoms with Gasteiger partial charge in [0.2, 0.25) is 11.1 Å². The summed E-state index contributed by atoms with van der Waals surface area (Å²) < 4.78 is 1.62. The molecule has 3 unspecified atom stereocenters. The van der Waals surface area contributed by atoms with Crippen molar-refractivity contribution >= 4 is 23.4 Å². The molecule has 118 valence electrons. The highest BCUT2D eigenvalue weighted by Crippen LogP contribution is 2.25. The molecule has 1 fully saturated rings. The van der Waals surface area contributed by atoms with E-state index >= 15 is 0 Å². The molecule has 0 saturated heterocycles. The summed E-state index contributed by atoms with van der Waals surface area (Å²) in [6.45, 7) is 4.11. The third-order valence-corrected chi connectivity index (χ3v) is 5.14. The van der Waals surface area contributed by atoms with Crippen molar-refractivity contribution in [3.8, 4) is 0 Å². The van der Waals surface area contributed by atoms with Crippen LogP contribution in [0.5, 0.6) is 0 Å². The van der Waals surface area contributed by atoms with Gasteiger partial charge >= 0.3 is 0 Å². The molecule has 1 N–H and O–H groups in total. The van der Waals surface area contributed by atoms with E-state index in [4.69, 9.17) is 0 Å². The third kappa shape index (κ3) is 3.40. The Kier molecular flexibility index (Phi) is 4.61. The van der Waals surface area contributed by atoms with Crippen LogP contribution in [-0.4, -0.2) is 36.8 Å². The molecule has 1 aliphatic rings. The number of amides is 1. The summed E-state index contributed by atoms with van der Waals surface area (Å²) >= 11 is 1.37. The van der Waals surface area contributed by atoms with Gasteiger partial charge < -0.3 is 5.32 Å². The van der Waals surface area contributed by atoms with Gasteiger partial charge in [-0.2, -0.15) is 4.98 Å². The number of rotatable bonds is 4. The van der Waals surface area contributed by atoms with Crippen LogP contribution in [0.3, 0.4) is 0 Å². The second-order valence-corrected chi connectivity index (χ2v) is 7.20. The van der Waals surface area contributed by atoms with Crippen LogP contribution < -0.4 is 5.32 Å². The predicted molar refractivity (Wildman–Crippen MR) is 85.7 cm³/mol. The number of thioether (sulfide) groups is 1. The first-order valence-corrected chi connectivity index (χ1v) is 8.66. The SMILES string of the molecule is CC(Sc1nc2ncccn2n1)C(=O)NC1CCCCC1C. The minimum absolute atomic E-state index is 0.0653. The monoisotopic (exact) mass is 319 g/mol. The van der Waals surface area contributed by atoms with Crippen molar-refractivity contribution in [1.29, 1.82) is 0 Å². The number of carbonyl (C=O) groups excluding carboxylic acids is 1. The van der Waals surface area contributed by atoms with Crippen molar-refractivity contribution in [3.05, 3.63) is 18.5 Å². The molecule has 6 nitrogen and oxygen atoms in total. The molecular formula is C15H21N5OS. The van der Waals surface area contributed by atoms with Crippen molar-refractivity contribution in [2.75, 3.05) is 0 Å². The predicted octanol–water partition coefficient (Wildman–Crippen LogP) is 2.30. The lowest BCUT2D eigenvalue weighted by Gasteiger charge is -2.30. The average Bonchev–Trinajstić information content (AvgIpc) is 2.91. The topological polar surface area (TPSA) is 72.2 Å². The van der Waals surface area contributed by atoms with Gasteiger partial charge in [-0.1, -0.05) is 31.5 Å². The van der Waals surface area contributed by atoms with Gasteiger partial charge in [-0.3, -0.25) is 4.79 Å². The number of aromatic nitrogens is 4. The molecule has 3 atom stereocenters. The number of nitrogens with zero attached hydrogens (tertiary/aromatic N) is 4. The molecule has 1 aliphatic carbocycles. The van der Waals surface area contributed by atoms with Crippen molar-refractivity contribution in [2.45, 2.75) is 56.0 Å². The maximum Gasteiger partial charge on any atom is 0.253 e. The second kappa shape index (κ2) is 6.64. The van der Waals surface area contributed by atoms with E-state index in [-0.39, 0.29) is 11.2 Å². The molecular weight excluding hydrogens is 298 g/mol. The van der Waals surface area contributed by atoms with Gasteiger partial charge in [-0.05, 0) is 31.7 Å². The summed E-state index contributed by atoms with van der Waals surface area (Å²) in [6, 6.07) is 2.11. The molecule has 2 heterocycles. The van der Waals surface area contributed by atoms with Crippen LogP contribution in [0.4, 0.5) is 0 Å². The van der Waals surface area contributed by atoms with Crippen LogP contribution in [0.15, 0.2) is 23.6 Å². The molecule has 7 heteroatoms. The first-order valence-electron chi connectivity index (χ1n) is 7.78. The van der Waals surface area contributed by atoms with Gasteiger partial charge in [-0.15, -0.1) is 5.10 Å². The molecule has 0 aromatic carbocycles. The van der Waals surface area contributed by atoms with Crippen molar-refractivity contribution < 1.29 is 4.79 Å². The zero-order chi connectivity index (χ0) is 15.5. The molecule has 0 radical (unpaired) electrons. The van der Waals surface area contributed by atoms with Crippen LogP contribution >= 0.6 is 11.8 Å². The minimum atomic E-state index is -0.216. The molecule has 3 rings (SSSR count). The molecule has 0 aliphatic heterocycles. The van der Waals surface area contributed by atoms with E-state index in [1.807, 2.05) is 6.92 Å². The second-order valence-electron chi connectivity index (χ2n) is 5.90. The fourth-order valence-electron chi connectivity index (χ4n) is 2.81. The Morgan fingerprint density at radius 2 is 2.27 bits per heavy atom. The van der Waals surface area contributed by atoms with Crippen molar-refractivity contribution in [3.63, 3.8) is 0 Å². The maximum atomic E-state index is 12.4. The van der Waals surface area contributed by atoms with Crippen molar-refractivity contribution in [2.24, 2.45) is 5.92 Å². The number of hydrogen-bond acceptors (Lipinski definition) is 5. The lowest BCUT2D eigenvalue weighted by atomic mass is 9.86. The fourth-order valence-corrected chi connectivity index (χ4v) is 3.57. The highest BCUT2D eigenvalue weighted by Gasteiger charge is 2.25. The summed E-state index contributed by atoms with van der Waals surface area (Å²) in [6.07, 6.45) is 8.24. The lowest BCUT2D eigenvalue weighted by molar-refractivity contribution is -0.121. The first kappa shape index (κ1) is 15.3. The summed E-state index contributed by atoms with van der Waals surface area (Å²) in [5, 5.41) is 7.87. The molecule has 0 bridgehead atoms. The summed E-state index contributed by atoms with van der Waals surface area (Å²) in [5.41, 5.74) is 0. The van der Waals surface area contributed by atoms with Crippen LogP contribution in [0.25, 0.3) is 5.78 Å². The van der Waals surface area contributed by atoms with Crippen molar-refractivity contribution in [1.82, 2.24) is 24.9 Å². The number of hydrogen-bond donors (Lipinski definition) is 1. The maximum absolute atomic E-state index is 12.4. The highest BCUT2D eigenvalue weighted by molar-refractivity contribution is 8.00. The van der Waals surface area contributed by atoms with E-state index in [0.717, 1.165) is 6.42 Å². The molecule has 1 amide bonds. The minimum Gasteiger partial charge on any atom is -0.352 e. The third-order valence-electron chi connectivity index (χ3n) is 4.19. The Morgan fingerprint density at radius 1 is 1.45 bits per heavy atom. The zero-order valence-corrected chi connectivity index (χ0v) is 13.7. The van der Waals surface area contributed by atoms with Gasteiger partial charge in [0.15, 0.2) is 0 Å². The zero-order valence-electron chi connectivity index (χ0n) is 12.9. The van der Waals surface area contributed by atoms with Crippen LogP contribution in [-0.2, 0) is 4.79 Å². The largest absolute Gasteiger partial charge is 0.352 e. The Labute approximate surface area is 134 Å². The number of fused-ring (bicyclic) bond motifs is 1. The van der Waals surface area contributed by atoms with E-state index in [0.29, 0.717) is 22.9 Å². The first-order chi connectivity index (χ1) is 10.6. The smallest absolute Gasteiger partial charge is 0.253 e. The van der Waals surface area contributed by atoms with Gasteiger partial charge in [0.05, 0.1) is 5.25 Å². The molecule has 1 saturated carbocycles. The van der Waals surface area contributed by atoms with E-state index in [9.17, 15) is 4.79 Å². The summed E-state index contributed by atoms with van der Waals surface area (Å²) in [5.74, 6) is 1.18. The number of nitrogens with one attached hydrogen (secondary N) is 1. The van der Waals surface area contributed by atoms with Crippen LogP contribution in [0.1, 0.15) is 39.5 Å². The number of carbonyl (C=O) groups is 1. The Balaban J connectivity index is 1.60. The van der Waals surface area contributed by atoms with Gasteiger partial charge in [0.25, 0.3) is 5.78 Å². The normalized spacial score (nSPS) is 23.4.